The Kier molecular flexibility index (Phi) is 7.38. The third-order valence-electron chi connectivity index (χ3n) is 2.86. The lowest BCUT2D eigenvalue weighted by Crippen LogP contribution is -2.40. The molecule has 0 atom stereocenters. The Labute approximate surface area is 147 Å². The van der Waals surface area contributed by atoms with Crippen LogP contribution in [0.3, 0.4) is 0 Å². The van der Waals surface area contributed by atoms with Gasteiger partial charge in [-0.05, 0) is 59.0 Å². The summed E-state index contributed by atoms with van der Waals surface area (Å²) in [7, 11) is 3.98. The highest BCUT2D eigenvalue weighted by atomic mass is 16.6. The van der Waals surface area contributed by atoms with Gasteiger partial charge in [0, 0.05) is 12.2 Å². The van der Waals surface area contributed by atoms with Gasteiger partial charge in [-0.15, -0.1) is 4.99 Å². The van der Waals surface area contributed by atoms with Gasteiger partial charge in [-0.2, -0.15) is 0 Å². The van der Waals surface area contributed by atoms with Crippen LogP contribution in [-0.4, -0.2) is 54.4 Å². The van der Waals surface area contributed by atoms with Crippen molar-refractivity contribution in [1.82, 2.24) is 10.2 Å². The van der Waals surface area contributed by atoms with Crippen molar-refractivity contribution < 1.29 is 19.4 Å². The molecule has 0 saturated heterocycles. The molecular formula is C17H26N4O4. The van der Waals surface area contributed by atoms with Crippen LogP contribution in [0.2, 0.25) is 0 Å². The minimum absolute atomic E-state index is 0.216. The summed E-state index contributed by atoms with van der Waals surface area (Å²) >= 11 is 0. The van der Waals surface area contributed by atoms with Crippen LogP contribution in [-0.2, 0) is 11.2 Å². The third-order valence-corrected chi connectivity index (χ3v) is 2.86. The number of amides is 2. The number of carboxylic acid groups (broad SMARTS) is 1. The topological polar surface area (TPSA) is 103 Å². The summed E-state index contributed by atoms with van der Waals surface area (Å²) in [6, 6.07) is 7.45. The summed E-state index contributed by atoms with van der Waals surface area (Å²) in [6.07, 6.45) is -1.38. The van der Waals surface area contributed by atoms with Crippen LogP contribution in [0.1, 0.15) is 26.3 Å². The van der Waals surface area contributed by atoms with Crippen molar-refractivity contribution in [2.24, 2.45) is 4.99 Å². The van der Waals surface area contributed by atoms with Gasteiger partial charge >= 0.3 is 12.2 Å². The number of alkyl carbamates (subject to hydrolysis) is 1. The number of hydrogen-bond acceptors (Lipinski definition) is 4. The van der Waals surface area contributed by atoms with Crippen molar-refractivity contribution in [1.29, 1.82) is 0 Å². The molecule has 8 nitrogen and oxygen atoms in total. The molecule has 1 aromatic rings. The average molecular weight is 350 g/mol. The zero-order valence-corrected chi connectivity index (χ0v) is 15.3. The smallest absolute Gasteiger partial charge is 0.434 e. The summed E-state index contributed by atoms with van der Waals surface area (Å²) < 4.78 is 5.11. The van der Waals surface area contributed by atoms with E-state index in [9.17, 15) is 9.59 Å². The molecule has 0 aliphatic heterocycles. The van der Waals surface area contributed by atoms with Crippen molar-refractivity contribution >= 4 is 23.8 Å². The number of rotatable bonds is 4. The number of aliphatic imine (C=N–C) groups is 1. The van der Waals surface area contributed by atoms with Crippen LogP contribution < -0.4 is 10.6 Å². The van der Waals surface area contributed by atoms with E-state index in [0.717, 1.165) is 18.5 Å². The number of guanidine groups is 1. The standard InChI is InChI=1S/C17H26N4O4/c1-17(2,3)25-16(24)20-14(19-15(22)23)18-13-8-6-7-12(11-13)9-10-21(4)5/h6-8,11H,9-10H2,1-5H3,(H,22,23)(H2,18,19,20,24). The number of carbonyl (C=O) groups excluding carboxylic acids is 1. The summed E-state index contributed by atoms with van der Waals surface area (Å²) in [5.74, 6) is -0.216. The second kappa shape index (κ2) is 9.03. The van der Waals surface area contributed by atoms with Crippen molar-refractivity contribution in [3.8, 4) is 0 Å². The van der Waals surface area contributed by atoms with E-state index in [2.05, 4.69) is 20.5 Å². The number of likely N-dealkylation sites (N-methyl/N-ethyl adjacent to an activating group) is 1. The van der Waals surface area contributed by atoms with E-state index in [-0.39, 0.29) is 5.96 Å². The van der Waals surface area contributed by atoms with Crippen LogP contribution in [0.15, 0.2) is 29.3 Å². The maximum atomic E-state index is 11.8. The van der Waals surface area contributed by atoms with Crippen LogP contribution in [0.25, 0.3) is 0 Å². The number of hydrogen-bond donors (Lipinski definition) is 3. The second-order valence-electron chi connectivity index (χ2n) is 6.75. The predicted molar refractivity (Wildman–Crippen MR) is 97.2 cm³/mol. The number of nitrogens with zero attached hydrogens (tertiary/aromatic N) is 2. The molecule has 8 heteroatoms. The molecule has 0 aliphatic rings. The fourth-order valence-corrected chi connectivity index (χ4v) is 1.88. The van der Waals surface area contributed by atoms with Crippen molar-refractivity contribution in [3.63, 3.8) is 0 Å². The molecule has 138 valence electrons. The van der Waals surface area contributed by atoms with Crippen LogP contribution in [0, 0.1) is 0 Å². The molecule has 3 N–H and O–H groups in total. The lowest BCUT2D eigenvalue weighted by atomic mass is 10.1. The highest BCUT2D eigenvalue weighted by Crippen LogP contribution is 2.12. The van der Waals surface area contributed by atoms with Gasteiger partial charge in [-0.25, -0.2) is 9.59 Å². The Morgan fingerprint density at radius 2 is 1.96 bits per heavy atom. The Hall–Kier alpha value is -2.61. The van der Waals surface area contributed by atoms with E-state index in [4.69, 9.17) is 9.84 Å². The molecule has 0 aliphatic carbocycles. The average Bonchev–Trinajstić information content (AvgIpc) is 2.42. The number of benzene rings is 1. The van der Waals surface area contributed by atoms with Crippen molar-refractivity contribution in [2.75, 3.05) is 26.0 Å². The van der Waals surface area contributed by atoms with Gasteiger partial charge in [0.05, 0.1) is 0 Å². The quantitative estimate of drug-likeness (QED) is 0.570. The predicted octanol–water partition coefficient (Wildman–Crippen LogP) is 2.76. The maximum absolute atomic E-state index is 11.8. The summed E-state index contributed by atoms with van der Waals surface area (Å²) in [5.41, 5.74) is 0.989. The number of carbonyl (C=O) groups is 2. The Balaban J connectivity index is 2.84. The molecule has 1 rings (SSSR count). The van der Waals surface area contributed by atoms with Crippen molar-refractivity contribution in [3.05, 3.63) is 29.8 Å². The number of ether oxygens (including phenoxy) is 1. The van der Waals surface area contributed by atoms with Gasteiger partial charge in [0.25, 0.3) is 0 Å². The van der Waals surface area contributed by atoms with E-state index < -0.39 is 17.8 Å². The zero-order valence-electron chi connectivity index (χ0n) is 15.3. The summed E-state index contributed by atoms with van der Waals surface area (Å²) in [4.78, 5) is 28.1. The first-order valence-corrected chi connectivity index (χ1v) is 7.87. The van der Waals surface area contributed by atoms with E-state index in [1.165, 1.54) is 0 Å². The molecule has 1 aromatic carbocycles. The molecule has 0 spiro atoms. The molecule has 0 aromatic heterocycles. The van der Waals surface area contributed by atoms with E-state index in [1.54, 1.807) is 26.8 Å². The van der Waals surface area contributed by atoms with Crippen molar-refractivity contribution in [2.45, 2.75) is 32.8 Å². The molecular weight excluding hydrogens is 324 g/mol. The number of nitrogens with one attached hydrogen (secondary N) is 2. The van der Waals surface area contributed by atoms with Gasteiger partial charge in [0.1, 0.15) is 5.60 Å². The Morgan fingerprint density at radius 1 is 1.28 bits per heavy atom. The van der Waals surface area contributed by atoms with Gasteiger partial charge in [0.2, 0.25) is 5.96 Å². The van der Waals surface area contributed by atoms with Crippen LogP contribution in [0.5, 0.6) is 0 Å². The lowest BCUT2D eigenvalue weighted by molar-refractivity contribution is 0.0563. The minimum atomic E-state index is -1.43. The molecule has 2 amide bonds. The molecule has 0 radical (unpaired) electrons. The van der Waals surface area contributed by atoms with Gasteiger partial charge in [0.15, 0.2) is 0 Å². The first-order chi connectivity index (χ1) is 11.5. The monoisotopic (exact) mass is 350 g/mol. The summed E-state index contributed by atoms with van der Waals surface area (Å²) in [6.45, 7) is 6.02. The van der Waals surface area contributed by atoms with E-state index >= 15 is 0 Å². The SMILES string of the molecule is CN(C)CCc1cccc(N/C(=N\C(=O)O)NC(=O)OC(C)(C)C)c1. The first-order valence-electron chi connectivity index (χ1n) is 7.87. The first kappa shape index (κ1) is 20.4. The maximum Gasteiger partial charge on any atom is 0.434 e. The van der Waals surface area contributed by atoms with Gasteiger partial charge < -0.3 is 20.1 Å². The molecule has 0 saturated carbocycles. The largest absolute Gasteiger partial charge is 0.463 e. The minimum Gasteiger partial charge on any atom is -0.463 e. The van der Waals surface area contributed by atoms with Crippen LogP contribution >= 0.6 is 0 Å². The fraction of sp³-hybridized carbons (Fsp3) is 0.471. The molecule has 25 heavy (non-hydrogen) atoms. The molecule has 0 bridgehead atoms. The Morgan fingerprint density at radius 3 is 2.52 bits per heavy atom. The second-order valence-corrected chi connectivity index (χ2v) is 6.75. The van der Waals surface area contributed by atoms with E-state index in [0.29, 0.717) is 5.69 Å². The molecule has 0 unspecified atom stereocenters. The highest BCUT2D eigenvalue weighted by molar-refractivity contribution is 6.05. The van der Waals surface area contributed by atoms with Gasteiger partial charge in [-0.1, -0.05) is 12.1 Å². The van der Waals surface area contributed by atoms with Crippen LogP contribution in [0.4, 0.5) is 15.3 Å². The zero-order chi connectivity index (χ0) is 19.0. The number of anilines is 1. The highest BCUT2D eigenvalue weighted by Gasteiger charge is 2.18. The fourth-order valence-electron chi connectivity index (χ4n) is 1.88. The van der Waals surface area contributed by atoms with E-state index in [1.807, 2.05) is 32.3 Å². The third kappa shape index (κ3) is 9.31. The Bertz CT molecular complexity index is 636. The lowest BCUT2D eigenvalue weighted by Gasteiger charge is -2.20. The summed E-state index contributed by atoms with van der Waals surface area (Å²) in [5, 5.41) is 14.0. The normalized spacial score (nSPS) is 12.0. The van der Waals surface area contributed by atoms with Gasteiger partial charge in [-0.3, -0.25) is 5.32 Å². The molecule has 0 heterocycles. The molecule has 0 fully saturated rings.